The van der Waals surface area contributed by atoms with Crippen molar-refractivity contribution in [2.75, 3.05) is 0 Å². The maximum atomic E-state index is 13.2. The number of ether oxygens (including phenoxy) is 1. The van der Waals surface area contributed by atoms with Gasteiger partial charge in [-0.05, 0) is 30.3 Å². The van der Waals surface area contributed by atoms with Crippen molar-refractivity contribution in [3.05, 3.63) is 59.1 Å². The van der Waals surface area contributed by atoms with E-state index in [0.29, 0.717) is 11.5 Å². The van der Waals surface area contributed by atoms with Gasteiger partial charge in [-0.1, -0.05) is 0 Å². The number of fused-ring (bicyclic) bond motifs is 1. The Bertz CT molecular complexity index is 791. The molecule has 3 aromatic rings. The van der Waals surface area contributed by atoms with Crippen LogP contribution in [-0.4, -0.2) is 4.98 Å². The molecule has 19 heavy (non-hydrogen) atoms. The van der Waals surface area contributed by atoms with Gasteiger partial charge in [0.05, 0.1) is 22.3 Å². The van der Waals surface area contributed by atoms with Crippen LogP contribution in [0.25, 0.3) is 15.1 Å². The molecule has 0 bridgehead atoms. The smallest absolute Gasteiger partial charge is 0.225 e. The molecule has 1 aromatic heterocycles. The lowest BCUT2D eigenvalue weighted by atomic mass is 10.3. The first-order valence-corrected chi connectivity index (χ1v) is 6.32. The van der Waals surface area contributed by atoms with Gasteiger partial charge in [-0.3, -0.25) is 0 Å². The number of hydrogen-bond donors (Lipinski definition) is 0. The van der Waals surface area contributed by atoms with Gasteiger partial charge in [0.25, 0.3) is 0 Å². The Hall–Kier alpha value is -2.45. The number of halogens is 1. The highest BCUT2D eigenvalue weighted by Crippen LogP contribution is 2.30. The summed E-state index contributed by atoms with van der Waals surface area (Å²) in [6.07, 6.45) is 0. The van der Waals surface area contributed by atoms with Crippen molar-refractivity contribution < 1.29 is 9.13 Å². The maximum absolute atomic E-state index is 13.2. The minimum atomic E-state index is -0.544. The van der Waals surface area contributed by atoms with E-state index in [1.807, 2.05) is 18.2 Å². The average Bonchev–Trinajstić information content (AvgIpc) is 2.88. The van der Waals surface area contributed by atoms with Crippen LogP contribution in [0.15, 0.2) is 41.9 Å². The number of hydrogen-bond acceptors (Lipinski definition) is 3. The van der Waals surface area contributed by atoms with Gasteiger partial charge in [0.15, 0.2) is 0 Å². The van der Waals surface area contributed by atoms with Crippen molar-refractivity contribution >= 4 is 27.2 Å². The Balaban J connectivity index is 1.94. The molecule has 0 saturated heterocycles. The van der Waals surface area contributed by atoms with E-state index >= 15 is 0 Å². The molecule has 5 heteroatoms. The fourth-order valence-electron chi connectivity index (χ4n) is 1.68. The highest BCUT2D eigenvalue weighted by Gasteiger charge is 2.06. The summed E-state index contributed by atoms with van der Waals surface area (Å²) in [4.78, 5) is 7.30. The van der Waals surface area contributed by atoms with Gasteiger partial charge in [-0.25, -0.2) is 14.2 Å². The van der Waals surface area contributed by atoms with Crippen LogP contribution in [0.3, 0.4) is 0 Å². The lowest BCUT2D eigenvalue weighted by Crippen LogP contribution is -1.85. The van der Waals surface area contributed by atoms with E-state index in [-0.39, 0.29) is 5.69 Å². The third kappa shape index (κ3) is 2.26. The SMILES string of the molecule is [C-]#[N+]c1cc(Oc2ccc3scnc3c2)ccc1F. The van der Waals surface area contributed by atoms with E-state index in [0.717, 1.165) is 10.2 Å². The lowest BCUT2D eigenvalue weighted by Gasteiger charge is -2.06. The van der Waals surface area contributed by atoms with Crippen molar-refractivity contribution in [3.8, 4) is 11.5 Å². The molecule has 2 aromatic carbocycles. The van der Waals surface area contributed by atoms with Crippen LogP contribution in [0.2, 0.25) is 0 Å². The van der Waals surface area contributed by atoms with Gasteiger partial charge in [0, 0.05) is 6.07 Å². The molecule has 0 saturated carbocycles. The molecule has 0 aliphatic rings. The summed E-state index contributed by atoms with van der Waals surface area (Å²) in [5.74, 6) is 0.500. The van der Waals surface area contributed by atoms with Gasteiger partial charge in [-0.2, -0.15) is 0 Å². The Morgan fingerprint density at radius 3 is 2.79 bits per heavy atom. The van der Waals surface area contributed by atoms with Crippen molar-refractivity contribution in [2.24, 2.45) is 0 Å². The highest BCUT2D eigenvalue weighted by molar-refractivity contribution is 7.16. The van der Waals surface area contributed by atoms with Crippen molar-refractivity contribution in [1.29, 1.82) is 0 Å². The predicted molar refractivity (Wildman–Crippen MR) is 72.4 cm³/mol. The fourth-order valence-corrected chi connectivity index (χ4v) is 2.34. The molecule has 0 fully saturated rings. The second-order valence-corrected chi connectivity index (χ2v) is 4.70. The number of nitrogens with zero attached hydrogens (tertiary/aromatic N) is 2. The highest BCUT2D eigenvalue weighted by atomic mass is 32.1. The normalized spacial score (nSPS) is 10.3. The molecule has 0 unspecified atom stereocenters. The topological polar surface area (TPSA) is 26.5 Å². The maximum Gasteiger partial charge on any atom is 0.225 e. The fraction of sp³-hybridized carbons (Fsp3) is 0. The van der Waals surface area contributed by atoms with Crippen LogP contribution in [0.1, 0.15) is 0 Å². The largest absolute Gasteiger partial charge is 0.459 e. The molecular weight excluding hydrogens is 263 g/mol. The third-order valence-corrected chi connectivity index (χ3v) is 3.39. The summed E-state index contributed by atoms with van der Waals surface area (Å²) >= 11 is 1.55. The van der Waals surface area contributed by atoms with Gasteiger partial charge in [0.2, 0.25) is 5.69 Å². The standard InChI is InChI=1S/C14H7FN2OS/c1-16-12-6-9(2-4-11(12)15)18-10-3-5-14-13(7-10)17-8-19-14/h2-8H. The lowest BCUT2D eigenvalue weighted by molar-refractivity contribution is 0.482. The molecule has 1 heterocycles. The zero-order valence-corrected chi connectivity index (χ0v) is 10.4. The molecule has 0 aliphatic heterocycles. The summed E-state index contributed by atoms with van der Waals surface area (Å²) < 4.78 is 19.9. The summed E-state index contributed by atoms with van der Waals surface area (Å²) in [5.41, 5.74) is 2.57. The van der Waals surface area contributed by atoms with E-state index in [2.05, 4.69) is 9.83 Å². The second kappa shape index (κ2) is 4.67. The molecule has 3 rings (SSSR count). The molecule has 92 valence electrons. The van der Waals surface area contributed by atoms with E-state index < -0.39 is 5.82 Å². The molecule has 0 aliphatic carbocycles. The van der Waals surface area contributed by atoms with Crippen molar-refractivity contribution in [3.63, 3.8) is 0 Å². The molecule has 0 radical (unpaired) electrons. The van der Waals surface area contributed by atoms with Crippen LogP contribution in [-0.2, 0) is 0 Å². The number of aromatic nitrogens is 1. The van der Waals surface area contributed by atoms with E-state index in [9.17, 15) is 4.39 Å². The van der Waals surface area contributed by atoms with Gasteiger partial charge in [-0.15, -0.1) is 11.3 Å². The minimum absolute atomic E-state index is 0.0489. The zero-order valence-electron chi connectivity index (χ0n) is 9.63. The van der Waals surface area contributed by atoms with Gasteiger partial charge in [0.1, 0.15) is 17.3 Å². The van der Waals surface area contributed by atoms with Crippen LogP contribution in [0.4, 0.5) is 10.1 Å². The first-order chi connectivity index (χ1) is 9.26. The summed E-state index contributed by atoms with van der Waals surface area (Å²) in [7, 11) is 0. The van der Waals surface area contributed by atoms with Crippen LogP contribution in [0.5, 0.6) is 11.5 Å². The first-order valence-electron chi connectivity index (χ1n) is 5.44. The first kappa shape index (κ1) is 11.6. The average molecular weight is 270 g/mol. The van der Waals surface area contributed by atoms with Crippen molar-refractivity contribution in [1.82, 2.24) is 4.98 Å². The summed E-state index contributed by atoms with van der Waals surface area (Å²) in [6.45, 7) is 6.87. The van der Waals surface area contributed by atoms with E-state index in [1.54, 1.807) is 16.8 Å². The Morgan fingerprint density at radius 1 is 1.16 bits per heavy atom. The molecule has 0 amide bonds. The number of rotatable bonds is 2. The second-order valence-electron chi connectivity index (χ2n) is 3.81. The Kier molecular flexibility index (Phi) is 2.86. The van der Waals surface area contributed by atoms with Gasteiger partial charge < -0.3 is 4.74 Å². The third-order valence-electron chi connectivity index (χ3n) is 2.58. The minimum Gasteiger partial charge on any atom is -0.459 e. The Labute approximate surface area is 112 Å². The number of benzene rings is 2. The monoisotopic (exact) mass is 270 g/mol. The van der Waals surface area contributed by atoms with Gasteiger partial charge >= 0.3 is 0 Å². The Morgan fingerprint density at radius 2 is 1.95 bits per heavy atom. The van der Waals surface area contributed by atoms with E-state index in [4.69, 9.17) is 11.3 Å². The van der Waals surface area contributed by atoms with Crippen molar-refractivity contribution in [2.45, 2.75) is 0 Å². The van der Waals surface area contributed by atoms with Crippen LogP contribution < -0.4 is 4.74 Å². The number of thiazole rings is 1. The molecule has 0 atom stereocenters. The van der Waals surface area contributed by atoms with E-state index in [1.165, 1.54) is 18.2 Å². The molecule has 0 spiro atoms. The van der Waals surface area contributed by atoms with Crippen LogP contribution in [0, 0.1) is 12.4 Å². The summed E-state index contributed by atoms with van der Waals surface area (Å²) in [6, 6.07) is 9.66. The molecular formula is C14H7FN2OS. The summed E-state index contributed by atoms with van der Waals surface area (Å²) in [5, 5.41) is 0. The molecule has 0 N–H and O–H groups in total. The molecule has 3 nitrogen and oxygen atoms in total. The predicted octanol–water partition coefficient (Wildman–Crippen LogP) is 4.78. The zero-order chi connectivity index (χ0) is 13.2. The quantitative estimate of drug-likeness (QED) is 0.626. The van der Waals surface area contributed by atoms with Crippen LogP contribution >= 0.6 is 11.3 Å².